The number of nitrogens with zero attached hydrogens (tertiary/aromatic N) is 1. The normalized spacial score (nSPS) is 10.3. The summed E-state index contributed by atoms with van der Waals surface area (Å²) in [5, 5.41) is 14.2. The average Bonchev–Trinajstić information content (AvgIpc) is 2.83. The zero-order chi connectivity index (χ0) is 14.5. The van der Waals surface area contributed by atoms with Gasteiger partial charge >= 0.3 is 5.69 Å². The molecule has 0 radical (unpaired) electrons. The number of nitrogens with one attached hydrogen (secondary N) is 2. The minimum Gasteiger partial charge on any atom is -0.379 e. The molecule has 0 saturated heterocycles. The molecule has 2 rings (SSSR count). The molecule has 106 valence electrons. The van der Waals surface area contributed by atoms with Crippen LogP contribution in [-0.2, 0) is 6.42 Å². The van der Waals surface area contributed by atoms with Gasteiger partial charge in [-0.1, -0.05) is 6.07 Å². The largest absolute Gasteiger partial charge is 0.379 e. The van der Waals surface area contributed by atoms with Gasteiger partial charge in [-0.2, -0.15) is 0 Å². The monoisotopic (exact) mass is 356 g/mol. The molecule has 0 amide bonds. The number of nitrogen functional groups attached to an aromatic ring is 1. The Labute approximate surface area is 128 Å². The second kappa shape index (κ2) is 6.69. The molecule has 0 aliphatic heterocycles. The number of benzene rings is 1. The summed E-state index contributed by atoms with van der Waals surface area (Å²) in [6, 6.07) is 8.97. The SMILES string of the molecule is NNc1cccc(NCCc2ccc(Br)s2)c1[N+](=O)[O-]. The van der Waals surface area contributed by atoms with Gasteiger partial charge in [0.15, 0.2) is 0 Å². The van der Waals surface area contributed by atoms with E-state index in [1.165, 1.54) is 4.88 Å². The fourth-order valence-electron chi connectivity index (χ4n) is 1.81. The van der Waals surface area contributed by atoms with E-state index < -0.39 is 4.92 Å². The average molecular weight is 357 g/mol. The number of hydrazine groups is 1. The smallest absolute Gasteiger partial charge is 0.316 e. The molecule has 1 aromatic carbocycles. The highest BCUT2D eigenvalue weighted by atomic mass is 79.9. The molecule has 0 atom stereocenters. The van der Waals surface area contributed by atoms with Gasteiger partial charge in [-0.15, -0.1) is 11.3 Å². The summed E-state index contributed by atoms with van der Waals surface area (Å²) >= 11 is 5.06. The first kappa shape index (κ1) is 14.8. The van der Waals surface area contributed by atoms with Gasteiger partial charge in [0.2, 0.25) is 0 Å². The molecule has 0 unspecified atom stereocenters. The van der Waals surface area contributed by atoms with E-state index in [2.05, 4.69) is 26.7 Å². The fourth-order valence-corrected chi connectivity index (χ4v) is 3.29. The standard InChI is InChI=1S/C12H13BrN4O2S/c13-11-5-4-8(20-11)6-7-15-9-2-1-3-10(16-14)12(9)17(18)19/h1-5,15-16H,6-7,14H2. The molecule has 1 aromatic heterocycles. The predicted molar refractivity (Wildman–Crippen MR) is 85.1 cm³/mol. The number of halogens is 1. The van der Waals surface area contributed by atoms with Crippen molar-refractivity contribution >= 4 is 44.3 Å². The Bertz CT molecular complexity index is 617. The molecule has 0 bridgehead atoms. The van der Waals surface area contributed by atoms with E-state index in [9.17, 15) is 10.1 Å². The molecule has 4 N–H and O–H groups in total. The molecule has 2 aromatic rings. The van der Waals surface area contributed by atoms with Crippen molar-refractivity contribution in [3.05, 3.63) is 49.1 Å². The molecule has 0 fully saturated rings. The molecule has 0 spiro atoms. The van der Waals surface area contributed by atoms with Gasteiger partial charge in [-0.25, -0.2) is 0 Å². The summed E-state index contributed by atoms with van der Waals surface area (Å²) in [7, 11) is 0. The van der Waals surface area contributed by atoms with Gasteiger partial charge in [0.1, 0.15) is 11.4 Å². The minimum atomic E-state index is -0.445. The molecule has 20 heavy (non-hydrogen) atoms. The lowest BCUT2D eigenvalue weighted by molar-refractivity contribution is -0.383. The first-order chi connectivity index (χ1) is 9.61. The van der Waals surface area contributed by atoms with E-state index >= 15 is 0 Å². The fraction of sp³-hybridized carbons (Fsp3) is 0.167. The number of nitro benzene ring substituents is 1. The number of hydrogen-bond acceptors (Lipinski definition) is 6. The Morgan fingerprint density at radius 3 is 2.65 bits per heavy atom. The van der Waals surface area contributed by atoms with Crippen LogP contribution in [0.5, 0.6) is 0 Å². The van der Waals surface area contributed by atoms with E-state index in [1.807, 2.05) is 12.1 Å². The maximum atomic E-state index is 11.1. The maximum absolute atomic E-state index is 11.1. The van der Waals surface area contributed by atoms with E-state index in [-0.39, 0.29) is 5.69 Å². The van der Waals surface area contributed by atoms with Gasteiger partial charge in [0, 0.05) is 11.4 Å². The Hall–Kier alpha value is -1.64. The first-order valence-corrected chi connectivity index (χ1v) is 7.45. The lowest BCUT2D eigenvalue weighted by Gasteiger charge is -2.09. The van der Waals surface area contributed by atoms with Crippen LogP contribution in [0, 0.1) is 10.1 Å². The third-order valence-electron chi connectivity index (χ3n) is 2.69. The summed E-state index contributed by atoms with van der Waals surface area (Å²) < 4.78 is 1.08. The third kappa shape index (κ3) is 3.47. The zero-order valence-corrected chi connectivity index (χ0v) is 12.8. The topological polar surface area (TPSA) is 93.2 Å². The zero-order valence-electron chi connectivity index (χ0n) is 10.4. The van der Waals surface area contributed by atoms with Gasteiger partial charge in [-0.05, 0) is 46.6 Å². The van der Waals surface area contributed by atoms with Gasteiger partial charge in [-0.3, -0.25) is 16.0 Å². The van der Waals surface area contributed by atoms with Crippen molar-refractivity contribution in [3.63, 3.8) is 0 Å². The van der Waals surface area contributed by atoms with Crippen molar-refractivity contribution in [2.45, 2.75) is 6.42 Å². The van der Waals surface area contributed by atoms with Crippen molar-refractivity contribution in [1.29, 1.82) is 0 Å². The quantitative estimate of drug-likeness (QED) is 0.419. The Morgan fingerprint density at radius 1 is 1.30 bits per heavy atom. The lowest BCUT2D eigenvalue weighted by atomic mass is 10.2. The highest BCUT2D eigenvalue weighted by molar-refractivity contribution is 9.11. The summed E-state index contributed by atoms with van der Waals surface area (Å²) in [6.07, 6.45) is 0.799. The second-order valence-electron chi connectivity index (χ2n) is 3.99. The van der Waals surface area contributed by atoms with Gasteiger partial charge in [0.25, 0.3) is 0 Å². The summed E-state index contributed by atoms with van der Waals surface area (Å²) in [4.78, 5) is 11.9. The number of hydrogen-bond donors (Lipinski definition) is 3. The van der Waals surface area contributed by atoms with E-state index in [0.29, 0.717) is 17.9 Å². The molecular weight excluding hydrogens is 344 g/mol. The third-order valence-corrected chi connectivity index (χ3v) is 4.37. The number of nitro groups is 1. The van der Waals surface area contributed by atoms with Crippen LogP contribution in [0.3, 0.4) is 0 Å². The molecule has 0 saturated carbocycles. The first-order valence-electron chi connectivity index (χ1n) is 5.84. The van der Waals surface area contributed by atoms with Gasteiger partial charge in [0.05, 0.1) is 8.71 Å². The number of para-hydroxylation sites is 1. The van der Waals surface area contributed by atoms with Crippen molar-refractivity contribution < 1.29 is 4.92 Å². The van der Waals surface area contributed by atoms with Crippen LogP contribution in [0.15, 0.2) is 34.1 Å². The Balaban J connectivity index is 2.07. The van der Waals surface area contributed by atoms with Crippen LogP contribution in [0.2, 0.25) is 0 Å². The highest BCUT2D eigenvalue weighted by Crippen LogP contribution is 2.32. The Morgan fingerprint density at radius 2 is 2.05 bits per heavy atom. The summed E-state index contributed by atoms with van der Waals surface area (Å²) in [6.45, 7) is 0.613. The van der Waals surface area contributed by atoms with E-state index in [0.717, 1.165) is 10.2 Å². The highest BCUT2D eigenvalue weighted by Gasteiger charge is 2.18. The van der Waals surface area contributed by atoms with E-state index in [1.54, 1.807) is 29.5 Å². The van der Waals surface area contributed by atoms with Crippen LogP contribution >= 0.6 is 27.3 Å². The second-order valence-corrected chi connectivity index (χ2v) is 6.53. The van der Waals surface area contributed by atoms with Crippen molar-refractivity contribution in [3.8, 4) is 0 Å². The minimum absolute atomic E-state index is 0.0395. The van der Waals surface area contributed by atoms with Crippen LogP contribution in [-0.4, -0.2) is 11.5 Å². The lowest BCUT2D eigenvalue weighted by Crippen LogP contribution is -2.12. The number of nitrogens with two attached hydrogens (primary N) is 1. The molecule has 6 nitrogen and oxygen atoms in total. The maximum Gasteiger partial charge on any atom is 0.316 e. The van der Waals surface area contributed by atoms with Crippen molar-refractivity contribution in [2.75, 3.05) is 17.3 Å². The molecule has 8 heteroatoms. The van der Waals surface area contributed by atoms with E-state index in [4.69, 9.17) is 5.84 Å². The Kier molecular flexibility index (Phi) is 4.94. The summed E-state index contributed by atoms with van der Waals surface area (Å²) in [5.74, 6) is 5.29. The van der Waals surface area contributed by atoms with Crippen molar-refractivity contribution in [1.82, 2.24) is 0 Å². The number of thiophene rings is 1. The van der Waals surface area contributed by atoms with Crippen molar-refractivity contribution in [2.24, 2.45) is 5.84 Å². The predicted octanol–water partition coefficient (Wildman–Crippen LogP) is 3.36. The van der Waals surface area contributed by atoms with Crippen LogP contribution < -0.4 is 16.6 Å². The molecular formula is C12H13BrN4O2S. The molecule has 1 heterocycles. The van der Waals surface area contributed by atoms with Gasteiger partial charge < -0.3 is 10.7 Å². The number of rotatable bonds is 6. The van der Waals surface area contributed by atoms with Crippen LogP contribution in [0.25, 0.3) is 0 Å². The van der Waals surface area contributed by atoms with Crippen LogP contribution in [0.4, 0.5) is 17.1 Å². The van der Waals surface area contributed by atoms with Crippen LogP contribution in [0.1, 0.15) is 4.88 Å². The number of anilines is 2. The molecule has 0 aliphatic carbocycles. The summed E-state index contributed by atoms with van der Waals surface area (Å²) in [5.41, 5.74) is 3.05. The molecule has 0 aliphatic rings.